The number of aromatic nitrogens is 1. The van der Waals surface area contributed by atoms with Gasteiger partial charge in [-0.1, -0.05) is 0 Å². The maximum absolute atomic E-state index is 12.7. The van der Waals surface area contributed by atoms with Gasteiger partial charge in [0.25, 0.3) is 11.8 Å². The van der Waals surface area contributed by atoms with E-state index in [9.17, 15) is 14.4 Å². The summed E-state index contributed by atoms with van der Waals surface area (Å²) in [4.78, 5) is 41.6. The molecule has 26 heavy (non-hydrogen) atoms. The van der Waals surface area contributed by atoms with E-state index in [4.69, 9.17) is 15.2 Å². The summed E-state index contributed by atoms with van der Waals surface area (Å²) in [6, 6.07) is 7.87. The Hall–Kier alpha value is -3.62. The largest absolute Gasteiger partial charge is 0.482 e. The molecule has 2 aliphatic heterocycles. The van der Waals surface area contributed by atoms with Gasteiger partial charge in [-0.25, -0.2) is 4.98 Å². The minimum absolute atomic E-state index is 0.0630. The molecular formula is C17H14N4O5. The number of nitrogen functional groups attached to an aromatic ring is 1. The van der Waals surface area contributed by atoms with Crippen LogP contribution in [0.25, 0.3) is 0 Å². The number of nitrogens with one attached hydrogen (secondary N) is 1. The molecule has 0 unspecified atom stereocenters. The number of amides is 2. The Balaban J connectivity index is 1.61. The molecule has 0 saturated carbocycles. The van der Waals surface area contributed by atoms with Crippen LogP contribution in [0.1, 0.15) is 10.4 Å². The third-order valence-electron chi connectivity index (χ3n) is 4.00. The first kappa shape index (κ1) is 15.9. The Bertz CT molecular complexity index is 943. The number of nitrogens with zero attached hydrogens (tertiary/aromatic N) is 2. The highest BCUT2D eigenvalue weighted by Gasteiger charge is 2.29. The highest BCUT2D eigenvalue weighted by molar-refractivity contribution is 6.08. The molecule has 2 amide bonds. The molecule has 0 saturated heterocycles. The summed E-state index contributed by atoms with van der Waals surface area (Å²) in [5, 5.41) is 2.65. The Morgan fingerprint density at radius 2 is 1.92 bits per heavy atom. The summed E-state index contributed by atoms with van der Waals surface area (Å²) in [5.74, 6) is 0.300. The van der Waals surface area contributed by atoms with Gasteiger partial charge in [0.1, 0.15) is 11.6 Å². The fraction of sp³-hybridized carbons (Fsp3) is 0.176. The lowest BCUT2D eigenvalue weighted by Gasteiger charge is -2.27. The Morgan fingerprint density at radius 3 is 2.77 bits per heavy atom. The van der Waals surface area contributed by atoms with Crippen molar-refractivity contribution < 1.29 is 23.9 Å². The lowest BCUT2D eigenvalue weighted by molar-refractivity contribution is -0.121. The van der Waals surface area contributed by atoms with E-state index in [0.29, 0.717) is 22.7 Å². The standard InChI is InChI=1S/C17H14N4O5/c18-14-4-3-13-17(20-14)21(16(24)8-26-13)6-11(22)9-1-2-12-10(5-9)19-15(23)7-25-12/h1-5H,6-8H2,(H2,18,20)(H,19,23). The number of pyridine rings is 1. The molecule has 0 aliphatic carbocycles. The Labute approximate surface area is 147 Å². The summed E-state index contributed by atoms with van der Waals surface area (Å²) < 4.78 is 10.6. The SMILES string of the molecule is Nc1ccc2c(n1)N(CC(=O)c1ccc3c(c1)NC(=O)CO3)C(=O)CO2. The average molecular weight is 354 g/mol. The van der Waals surface area contributed by atoms with E-state index in [0.717, 1.165) is 0 Å². The van der Waals surface area contributed by atoms with Crippen LogP contribution in [0.5, 0.6) is 11.5 Å². The van der Waals surface area contributed by atoms with E-state index in [-0.39, 0.29) is 43.1 Å². The normalized spacial score (nSPS) is 15.3. The Morgan fingerprint density at radius 1 is 1.15 bits per heavy atom. The van der Waals surface area contributed by atoms with Gasteiger partial charge in [-0.3, -0.25) is 19.3 Å². The number of carbonyl (C=O) groups is 3. The molecule has 0 bridgehead atoms. The highest BCUT2D eigenvalue weighted by Crippen LogP contribution is 2.32. The number of carbonyl (C=O) groups excluding carboxylic acids is 3. The van der Waals surface area contributed by atoms with Crippen molar-refractivity contribution in [2.45, 2.75) is 0 Å². The van der Waals surface area contributed by atoms with E-state index in [1.165, 1.54) is 11.0 Å². The van der Waals surface area contributed by atoms with E-state index < -0.39 is 5.91 Å². The molecule has 3 heterocycles. The lowest BCUT2D eigenvalue weighted by Crippen LogP contribution is -2.42. The van der Waals surface area contributed by atoms with E-state index in [1.807, 2.05) is 0 Å². The first-order valence-electron chi connectivity index (χ1n) is 7.81. The van der Waals surface area contributed by atoms with Crippen LogP contribution < -0.4 is 25.4 Å². The topological polar surface area (TPSA) is 124 Å². The number of ketones is 1. The zero-order valence-corrected chi connectivity index (χ0v) is 13.5. The molecule has 1 aromatic carbocycles. The number of hydrogen-bond acceptors (Lipinski definition) is 7. The maximum atomic E-state index is 12.7. The van der Waals surface area contributed by atoms with Crippen LogP contribution in [0.4, 0.5) is 17.3 Å². The summed E-state index contributed by atoms with van der Waals surface area (Å²) in [6.45, 7) is -0.467. The number of ether oxygens (including phenoxy) is 2. The first-order chi connectivity index (χ1) is 12.5. The van der Waals surface area contributed by atoms with Gasteiger partial charge in [0.05, 0.1) is 12.2 Å². The number of hydrogen-bond donors (Lipinski definition) is 2. The van der Waals surface area contributed by atoms with Gasteiger partial charge in [0.15, 0.2) is 30.6 Å². The molecule has 4 rings (SSSR count). The van der Waals surface area contributed by atoms with Gasteiger partial charge in [-0.05, 0) is 30.3 Å². The van der Waals surface area contributed by atoms with Gasteiger partial charge >= 0.3 is 0 Å². The zero-order chi connectivity index (χ0) is 18.3. The van der Waals surface area contributed by atoms with Crippen molar-refractivity contribution >= 4 is 34.9 Å². The molecule has 132 valence electrons. The van der Waals surface area contributed by atoms with Crippen LogP contribution in [-0.2, 0) is 9.59 Å². The molecule has 1 aromatic heterocycles. The second-order valence-corrected chi connectivity index (χ2v) is 5.80. The molecule has 9 nitrogen and oxygen atoms in total. The highest BCUT2D eigenvalue weighted by atomic mass is 16.5. The smallest absolute Gasteiger partial charge is 0.266 e. The van der Waals surface area contributed by atoms with Gasteiger partial charge in [0.2, 0.25) is 0 Å². The van der Waals surface area contributed by atoms with Gasteiger partial charge in [0, 0.05) is 5.56 Å². The van der Waals surface area contributed by atoms with Crippen LogP contribution in [0.2, 0.25) is 0 Å². The Kier molecular flexibility index (Phi) is 3.68. The molecular weight excluding hydrogens is 340 g/mol. The monoisotopic (exact) mass is 354 g/mol. The van der Waals surface area contributed by atoms with Crippen molar-refractivity contribution in [1.29, 1.82) is 0 Å². The zero-order valence-electron chi connectivity index (χ0n) is 13.5. The molecule has 2 aromatic rings. The van der Waals surface area contributed by atoms with E-state index >= 15 is 0 Å². The molecule has 0 atom stereocenters. The third kappa shape index (κ3) is 2.79. The first-order valence-corrected chi connectivity index (χ1v) is 7.81. The minimum Gasteiger partial charge on any atom is -0.482 e. The molecule has 0 radical (unpaired) electrons. The summed E-state index contributed by atoms with van der Waals surface area (Å²) in [6.07, 6.45) is 0. The summed E-state index contributed by atoms with van der Waals surface area (Å²) >= 11 is 0. The predicted molar refractivity (Wildman–Crippen MR) is 91.4 cm³/mol. The number of nitrogens with two attached hydrogens (primary N) is 1. The third-order valence-corrected chi connectivity index (χ3v) is 4.00. The van der Waals surface area contributed by atoms with E-state index in [2.05, 4.69) is 10.3 Å². The van der Waals surface area contributed by atoms with Gasteiger partial charge < -0.3 is 20.5 Å². The number of anilines is 3. The number of rotatable bonds is 3. The molecule has 9 heteroatoms. The summed E-state index contributed by atoms with van der Waals surface area (Å²) in [5.41, 5.74) is 6.43. The van der Waals surface area contributed by atoms with Crippen LogP contribution in [0.15, 0.2) is 30.3 Å². The fourth-order valence-corrected chi connectivity index (χ4v) is 2.75. The van der Waals surface area contributed by atoms with Crippen molar-refractivity contribution in [2.24, 2.45) is 0 Å². The molecule has 0 spiro atoms. The van der Waals surface area contributed by atoms with Gasteiger partial charge in [-0.2, -0.15) is 0 Å². The molecule has 0 fully saturated rings. The lowest BCUT2D eigenvalue weighted by atomic mass is 10.1. The number of benzene rings is 1. The number of fused-ring (bicyclic) bond motifs is 2. The van der Waals surface area contributed by atoms with Crippen molar-refractivity contribution in [3.8, 4) is 11.5 Å². The van der Waals surface area contributed by atoms with Crippen molar-refractivity contribution in [1.82, 2.24) is 4.98 Å². The average Bonchev–Trinajstić information content (AvgIpc) is 2.63. The van der Waals surface area contributed by atoms with E-state index in [1.54, 1.807) is 24.3 Å². The number of Topliss-reactive ketones (excluding diaryl/α,β-unsaturated/α-hetero) is 1. The molecule has 2 aliphatic rings. The van der Waals surface area contributed by atoms with Crippen molar-refractivity contribution in [3.63, 3.8) is 0 Å². The van der Waals surface area contributed by atoms with Crippen molar-refractivity contribution in [3.05, 3.63) is 35.9 Å². The van der Waals surface area contributed by atoms with Gasteiger partial charge in [-0.15, -0.1) is 0 Å². The van der Waals surface area contributed by atoms with Crippen molar-refractivity contribution in [2.75, 3.05) is 35.7 Å². The van der Waals surface area contributed by atoms with Crippen LogP contribution in [0.3, 0.4) is 0 Å². The minimum atomic E-state index is -0.390. The maximum Gasteiger partial charge on any atom is 0.266 e. The quantitative estimate of drug-likeness (QED) is 0.774. The van der Waals surface area contributed by atoms with Crippen LogP contribution in [-0.4, -0.2) is 42.3 Å². The second kappa shape index (κ2) is 6.03. The second-order valence-electron chi connectivity index (χ2n) is 5.80. The fourth-order valence-electron chi connectivity index (χ4n) is 2.75. The predicted octanol–water partition coefficient (Wildman–Crippen LogP) is 0.603. The van der Waals surface area contributed by atoms with Crippen LogP contribution >= 0.6 is 0 Å². The summed E-state index contributed by atoms with van der Waals surface area (Å²) in [7, 11) is 0. The van der Waals surface area contributed by atoms with Crippen LogP contribution in [0, 0.1) is 0 Å². The molecule has 3 N–H and O–H groups in total.